The van der Waals surface area contributed by atoms with Gasteiger partial charge < -0.3 is 14.8 Å². The second-order valence-electron chi connectivity index (χ2n) is 8.30. The standard InChI is InChI=1S/C27H30FN3O3/c28-24-4-1-3-21(17-24)19-30-27(32)18-25-8-5-23(20-29-25)22-6-9-26(10-7-22)34-14-2-11-31-12-15-33-16-13-31/h1,3-10,17,20H,2,11-16,18-19H2,(H,30,32). The maximum absolute atomic E-state index is 13.2. The largest absolute Gasteiger partial charge is 0.494 e. The third kappa shape index (κ3) is 7.37. The van der Waals surface area contributed by atoms with Crippen LogP contribution < -0.4 is 10.1 Å². The zero-order chi connectivity index (χ0) is 23.6. The summed E-state index contributed by atoms with van der Waals surface area (Å²) in [5.41, 5.74) is 3.42. The summed E-state index contributed by atoms with van der Waals surface area (Å²) in [6.07, 6.45) is 2.93. The summed E-state index contributed by atoms with van der Waals surface area (Å²) in [6, 6.07) is 18.0. The molecule has 1 aromatic heterocycles. The Morgan fingerprint density at radius 1 is 1.06 bits per heavy atom. The van der Waals surface area contributed by atoms with Crippen LogP contribution in [0.5, 0.6) is 5.75 Å². The molecule has 1 fully saturated rings. The zero-order valence-corrected chi connectivity index (χ0v) is 19.2. The van der Waals surface area contributed by atoms with Crippen molar-refractivity contribution in [2.24, 2.45) is 0 Å². The van der Waals surface area contributed by atoms with E-state index in [4.69, 9.17) is 9.47 Å². The number of rotatable bonds is 10. The van der Waals surface area contributed by atoms with Crippen molar-refractivity contribution in [1.82, 2.24) is 15.2 Å². The molecule has 1 amide bonds. The molecule has 178 valence electrons. The summed E-state index contributed by atoms with van der Waals surface area (Å²) in [4.78, 5) is 19.0. The summed E-state index contributed by atoms with van der Waals surface area (Å²) in [6.45, 7) is 5.65. The molecule has 0 atom stereocenters. The fraction of sp³-hybridized carbons (Fsp3) is 0.333. The molecule has 2 aromatic carbocycles. The number of ether oxygens (including phenoxy) is 2. The lowest BCUT2D eigenvalue weighted by Gasteiger charge is -2.26. The molecule has 0 spiro atoms. The average Bonchev–Trinajstić information content (AvgIpc) is 2.87. The Morgan fingerprint density at radius 2 is 1.85 bits per heavy atom. The van der Waals surface area contributed by atoms with Gasteiger partial charge in [0.1, 0.15) is 11.6 Å². The first-order valence-corrected chi connectivity index (χ1v) is 11.7. The summed E-state index contributed by atoms with van der Waals surface area (Å²) < 4.78 is 24.5. The Bertz CT molecular complexity index is 1050. The van der Waals surface area contributed by atoms with Gasteiger partial charge in [-0.25, -0.2) is 4.39 Å². The van der Waals surface area contributed by atoms with Gasteiger partial charge in [-0.05, 0) is 47.9 Å². The van der Waals surface area contributed by atoms with Crippen LogP contribution in [0, 0.1) is 5.82 Å². The van der Waals surface area contributed by atoms with Gasteiger partial charge in [0.15, 0.2) is 0 Å². The van der Waals surface area contributed by atoms with Crippen LogP contribution in [0.3, 0.4) is 0 Å². The van der Waals surface area contributed by atoms with Crippen molar-refractivity contribution in [3.63, 3.8) is 0 Å². The second-order valence-corrected chi connectivity index (χ2v) is 8.30. The molecule has 0 aliphatic carbocycles. The van der Waals surface area contributed by atoms with Gasteiger partial charge in [-0.2, -0.15) is 0 Å². The Hall–Kier alpha value is -3.29. The van der Waals surface area contributed by atoms with E-state index >= 15 is 0 Å². The first-order valence-electron chi connectivity index (χ1n) is 11.7. The molecule has 1 N–H and O–H groups in total. The molecule has 0 saturated carbocycles. The molecule has 7 heteroatoms. The van der Waals surface area contributed by atoms with Crippen molar-refractivity contribution in [2.75, 3.05) is 39.5 Å². The van der Waals surface area contributed by atoms with Gasteiger partial charge >= 0.3 is 0 Å². The van der Waals surface area contributed by atoms with E-state index < -0.39 is 0 Å². The van der Waals surface area contributed by atoms with Crippen molar-refractivity contribution in [3.05, 3.63) is 83.9 Å². The van der Waals surface area contributed by atoms with Crippen molar-refractivity contribution in [3.8, 4) is 16.9 Å². The molecule has 2 heterocycles. The molecule has 3 aromatic rings. The predicted octanol–water partition coefficient (Wildman–Crippen LogP) is 3.85. The fourth-order valence-corrected chi connectivity index (χ4v) is 3.82. The minimum absolute atomic E-state index is 0.153. The van der Waals surface area contributed by atoms with E-state index in [-0.39, 0.29) is 24.7 Å². The first kappa shape index (κ1) is 23.9. The van der Waals surface area contributed by atoms with Gasteiger partial charge in [-0.15, -0.1) is 0 Å². The molecule has 0 unspecified atom stereocenters. The zero-order valence-electron chi connectivity index (χ0n) is 19.2. The normalized spacial score (nSPS) is 14.0. The Balaban J connectivity index is 1.21. The predicted molar refractivity (Wildman–Crippen MR) is 129 cm³/mol. The van der Waals surface area contributed by atoms with Crippen LogP contribution in [0.1, 0.15) is 17.7 Å². The summed E-state index contributed by atoms with van der Waals surface area (Å²) >= 11 is 0. The second kappa shape index (κ2) is 12.3. The summed E-state index contributed by atoms with van der Waals surface area (Å²) in [5, 5.41) is 2.80. The van der Waals surface area contributed by atoms with Crippen molar-refractivity contribution in [1.29, 1.82) is 0 Å². The van der Waals surface area contributed by atoms with Crippen LogP contribution >= 0.6 is 0 Å². The molecule has 0 bridgehead atoms. The Labute approximate surface area is 199 Å². The van der Waals surface area contributed by atoms with Crippen LogP contribution in [0.4, 0.5) is 4.39 Å². The average molecular weight is 464 g/mol. The number of amides is 1. The number of carbonyl (C=O) groups excluding carboxylic acids is 1. The lowest BCUT2D eigenvalue weighted by atomic mass is 10.1. The number of pyridine rings is 1. The number of carbonyl (C=O) groups is 1. The number of benzene rings is 2. The first-order chi connectivity index (χ1) is 16.7. The van der Waals surface area contributed by atoms with Crippen LogP contribution in [0.2, 0.25) is 0 Å². The number of morpholine rings is 1. The van der Waals surface area contributed by atoms with Gasteiger partial charge in [-0.3, -0.25) is 14.7 Å². The molecular formula is C27H30FN3O3. The highest BCUT2D eigenvalue weighted by Crippen LogP contribution is 2.22. The molecule has 34 heavy (non-hydrogen) atoms. The highest BCUT2D eigenvalue weighted by atomic mass is 19.1. The number of hydrogen-bond acceptors (Lipinski definition) is 5. The fourth-order valence-electron chi connectivity index (χ4n) is 3.82. The number of nitrogens with one attached hydrogen (secondary N) is 1. The highest BCUT2D eigenvalue weighted by Gasteiger charge is 2.10. The maximum Gasteiger partial charge on any atom is 0.226 e. The highest BCUT2D eigenvalue weighted by molar-refractivity contribution is 5.78. The van der Waals surface area contributed by atoms with E-state index in [1.54, 1.807) is 18.3 Å². The molecule has 4 rings (SSSR count). The van der Waals surface area contributed by atoms with Crippen molar-refractivity contribution in [2.45, 2.75) is 19.4 Å². The van der Waals surface area contributed by atoms with Gasteiger partial charge in [0.05, 0.1) is 26.2 Å². The van der Waals surface area contributed by atoms with E-state index in [9.17, 15) is 9.18 Å². The molecule has 0 radical (unpaired) electrons. The Kier molecular flexibility index (Phi) is 8.60. The number of halogens is 1. The van der Waals surface area contributed by atoms with E-state index in [1.807, 2.05) is 36.4 Å². The maximum atomic E-state index is 13.2. The number of aromatic nitrogens is 1. The number of hydrogen-bond donors (Lipinski definition) is 1. The molecular weight excluding hydrogens is 433 g/mol. The molecule has 1 aliphatic rings. The van der Waals surface area contributed by atoms with Crippen LogP contribution in [0.15, 0.2) is 66.9 Å². The summed E-state index contributed by atoms with van der Waals surface area (Å²) in [5.74, 6) is 0.386. The third-order valence-corrected chi connectivity index (χ3v) is 5.72. The molecule has 6 nitrogen and oxygen atoms in total. The van der Waals surface area contributed by atoms with Gasteiger partial charge in [0.2, 0.25) is 5.91 Å². The monoisotopic (exact) mass is 463 g/mol. The van der Waals surface area contributed by atoms with Crippen LogP contribution in [-0.2, 0) is 22.5 Å². The van der Waals surface area contributed by atoms with Crippen LogP contribution in [0.25, 0.3) is 11.1 Å². The smallest absolute Gasteiger partial charge is 0.226 e. The van der Waals surface area contributed by atoms with Crippen molar-refractivity contribution < 1.29 is 18.7 Å². The minimum atomic E-state index is -0.313. The van der Waals surface area contributed by atoms with Crippen molar-refractivity contribution >= 4 is 5.91 Å². The van der Waals surface area contributed by atoms with E-state index in [0.29, 0.717) is 12.3 Å². The van der Waals surface area contributed by atoms with E-state index in [1.165, 1.54) is 12.1 Å². The van der Waals surface area contributed by atoms with Gasteiger partial charge in [0.25, 0.3) is 0 Å². The lowest BCUT2D eigenvalue weighted by molar-refractivity contribution is -0.120. The third-order valence-electron chi connectivity index (χ3n) is 5.72. The lowest BCUT2D eigenvalue weighted by Crippen LogP contribution is -2.37. The SMILES string of the molecule is O=C(Cc1ccc(-c2ccc(OCCCN3CCOCC3)cc2)cn1)NCc1cccc(F)c1. The van der Waals surface area contributed by atoms with E-state index in [0.717, 1.165) is 61.7 Å². The van der Waals surface area contributed by atoms with E-state index in [2.05, 4.69) is 15.2 Å². The Morgan fingerprint density at radius 3 is 2.59 bits per heavy atom. The van der Waals surface area contributed by atoms with Gasteiger partial charge in [-0.1, -0.05) is 30.3 Å². The van der Waals surface area contributed by atoms with Gasteiger partial charge in [0, 0.05) is 43.6 Å². The topological polar surface area (TPSA) is 63.7 Å². The van der Waals surface area contributed by atoms with Crippen LogP contribution in [-0.4, -0.2) is 55.2 Å². The quantitative estimate of drug-likeness (QED) is 0.463. The molecule has 1 aliphatic heterocycles. The molecule has 1 saturated heterocycles. The summed E-state index contributed by atoms with van der Waals surface area (Å²) in [7, 11) is 0. The number of nitrogens with zero attached hydrogens (tertiary/aromatic N) is 2. The minimum Gasteiger partial charge on any atom is -0.494 e.